The first-order chi connectivity index (χ1) is 17.9. The molecule has 0 unspecified atom stereocenters. The van der Waals surface area contributed by atoms with E-state index in [0.29, 0.717) is 11.1 Å². The van der Waals surface area contributed by atoms with Crippen molar-refractivity contribution in [1.82, 2.24) is 10.6 Å². The molecule has 37 heavy (non-hydrogen) atoms. The fourth-order valence-electron chi connectivity index (χ4n) is 4.10. The second-order valence-corrected chi connectivity index (χ2v) is 10.7. The number of benzene rings is 4. The minimum absolute atomic E-state index is 0.291. The fourth-order valence-corrected chi connectivity index (χ4v) is 5.68. The van der Waals surface area contributed by atoms with Crippen molar-refractivity contribution in [3.63, 3.8) is 0 Å². The van der Waals surface area contributed by atoms with Gasteiger partial charge >= 0.3 is 0 Å². The number of fused-ring (bicyclic) bond motifs is 1. The van der Waals surface area contributed by atoms with E-state index in [-0.39, 0.29) is 12.3 Å². The van der Waals surface area contributed by atoms with Crippen molar-refractivity contribution in [1.29, 1.82) is 5.26 Å². The Labute approximate surface area is 215 Å². The summed E-state index contributed by atoms with van der Waals surface area (Å²) in [5.74, 6) is -2.25. The summed E-state index contributed by atoms with van der Waals surface area (Å²) in [5.41, 5.74) is 2.53. The van der Waals surface area contributed by atoms with Gasteiger partial charge < -0.3 is 10.6 Å². The fraction of sp³-hybridized carbons (Fsp3) is 0.138. The van der Waals surface area contributed by atoms with E-state index in [2.05, 4.69) is 10.6 Å². The minimum atomic E-state index is -3.86. The molecule has 186 valence electrons. The van der Waals surface area contributed by atoms with Gasteiger partial charge in [0.1, 0.15) is 12.6 Å². The lowest BCUT2D eigenvalue weighted by Crippen LogP contribution is -2.50. The van der Waals surface area contributed by atoms with Crippen molar-refractivity contribution in [2.75, 3.05) is 12.3 Å². The zero-order valence-electron chi connectivity index (χ0n) is 19.9. The van der Waals surface area contributed by atoms with Crippen LogP contribution in [0.3, 0.4) is 0 Å². The SMILES string of the molecule is N#CCNC(=O)[C@H](CS(=O)(=O)Cc1ccccc1-c1ccc2ccccc2c1)NC(=O)c1ccccc1. The highest BCUT2D eigenvalue weighted by molar-refractivity contribution is 7.90. The van der Waals surface area contributed by atoms with Gasteiger partial charge in [0, 0.05) is 5.56 Å². The smallest absolute Gasteiger partial charge is 0.251 e. The topological polar surface area (TPSA) is 116 Å². The quantitative estimate of drug-likeness (QED) is 0.331. The van der Waals surface area contributed by atoms with E-state index in [1.807, 2.05) is 54.6 Å². The molecule has 0 radical (unpaired) electrons. The summed E-state index contributed by atoms with van der Waals surface area (Å²) in [7, 11) is -3.86. The van der Waals surface area contributed by atoms with Gasteiger partial charge in [-0.15, -0.1) is 0 Å². The van der Waals surface area contributed by atoms with E-state index in [9.17, 15) is 18.0 Å². The third-order valence-corrected chi connectivity index (χ3v) is 7.47. The van der Waals surface area contributed by atoms with E-state index in [4.69, 9.17) is 5.26 Å². The average Bonchev–Trinajstić information content (AvgIpc) is 2.91. The summed E-state index contributed by atoms with van der Waals surface area (Å²) in [6.45, 7) is -0.304. The van der Waals surface area contributed by atoms with Crippen molar-refractivity contribution in [3.8, 4) is 17.2 Å². The van der Waals surface area contributed by atoms with Crippen LogP contribution < -0.4 is 10.6 Å². The Morgan fingerprint density at radius 3 is 2.27 bits per heavy atom. The van der Waals surface area contributed by atoms with Crippen LogP contribution in [-0.2, 0) is 20.4 Å². The molecule has 2 N–H and O–H groups in total. The number of hydrogen-bond acceptors (Lipinski definition) is 5. The third-order valence-electron chi connectivity index (χ3n) is 5.87. The van der Waals surface area contributed by atoms with Crippen LogP contribution in [0.5, 0.6) is 0 Å². The van der Waals surface area contributed by atoms with Gasteiger partial charge in [-0.3, -0.25) is 9.59 Å². The molecule has 0 saturated carbocycles. The maximum Gasteiger partial charge on any atom is 0.251 e. The molecule has 0 heterocycles. The number of carbonyl (C=O) groups excluding carboxylic acids is 2. The van der Waals surface area contributed by atoms with Gasteiger partial charge in [-0.1, -0.05) is 78.9 Å². The maximum absolute atomic E-state index is 13.3. The summed E-state index contributed by atoms with van der Waals surface area (Å²) < 4.78 is 26.6. The average molecular weight is 512 g/mol. The Morgan fingerprint density at radius 2 is 1.51 bits per heavy atom. The number of sulfone groups is 1. The lowest BCUT2D eigenvalue weighted by Gasteiger charge is -2.19. The van der Waals surface area contributed by atoms with Crippen LogP contribution in [0.25, 0.3) is 21.9 Å². The lowest BCUT2D eigenvalue weighted by molar-refractivity contribution is -0.122. The molecule has 4 aromatic rings. The first kappa shape index (κ1) is 25.6. The van der Waals surface area contributed by atoms with Crippen molar-refractivity contribution in [2.45, 2.75) is 11.8 Å². The minimum Gasteiger partial charge on any atom is -0.341 e. The molecular weight excluding hydrogens is 486 g/mol. The van der Waals surface area contributed by atoms with Crippen LogP contribution in [0.15, 0.2) is 97.1 Å². The predicted octanol–water partition coefficient (Wildman–Crippen LogP) is 3.86. The third kappa shape index (κ3) is 6.60. The van der Waals surface area contributed by atoms with Crippen LogP contribution in [-0.4, -0.2) is 38.6 Å². The van der Waals surface area contributed by atoms with Crippen LogP contribution in [0, 0.1) is 11.3 Å². The molecule has 0 aromatic heterocycles. The Hall–Kier alpha value is -4.48. The van der Waals surface area contributed by atoms with Gasteiger partial charge in [0.2, 0.25) is 5.91 Å². The Bertz CT molecular complexity index is 1580. The predicted molar refractivity (Wildman–Crippen MR) is 143 cm³/mol. The standard InChI is InChI=1S/C29H25N3O4S/c30-16-17-31-29(34)27(32-28(33)22-9-2-1-3-10-22)20-37(35,36)19-25-12-6-7-13-26(25)24-15-14-21-8-4-5-11-23(21)18-24/h1-15,18,27H,17,19-20H2,(H,31,34)(H,32,33)/t27-/m0/s1. The van der Waals surface area contributed by atoms with Crippen molar-refractivity contribution >= 4 is 32.4 Å². The van der Waals surface area contributed by atoms with Crippen molar-refractivity contribution in [2.24, 2.45) is 0 Å². The van der Waals surface area contributed by atoms with Crippen LogP contribution in [0.2, 0.25) is 0 Å². The summed E-state index contributed by atoms with van der Waals surface area (Å²) in [6, 6.07) is 29.7. The van der Waals surface area contributed by atoms with E-state index in [1.54, 1.807) is 48.5 Å². The summed E-state index contributed by atoms with van der Waals surface area (Å²) in [5, 5.41) is 15.8. The van der Waals surface area contributed by atoms with Gasteiger partial charge in [-0.25, -0.2) is 8.42 Å². The first-order valence-corrected chi connectivity index (χ1v) is 13.5. The lowest BCUT2D eigenvalue weighted by atomic mass is 9.98. The molecule has 0 aliphatic heterocycles. The number of carbonyl (C=O) groups is 2. The molecule has 0 bridgehead atoms. The zero-order chi connectivity index (χ0) is 26.3. The number of nitrogens with one attached hydrogen (secondary N) is 2. The van der Waals surface area contributed by atoms with Crippen LogP contribution in [0.1, 0.15) is 15.9 Å². The highest BCUT2D eigenvalue weighted by Gasteiger charge is 2.28. The molecular formula is C29H25N3O4S. The van der Waals surface area contributed by atoms with Crippen molar-refractivity contribution in [3.05, 3.63) is 108 Å². The van der Waals surface area contributed by atoms with E-state index < -0.39 is 33.4 Å². The van der Waals surface area contributed by atoms with Gasteiger partial charge in [0.05, 0.1) is 17.6 Å². The van der Waals surface area contributed by atoms with E-state index >= 15 is 0 Å². The Balaban J connectivity index is 1.58. The largest absolute Gasteiger partial charge is 0.341 e. The monoisotopic (exact) mass is 511 g/mol. The second-order valence-electron chi connectivity index (χ2n) is 8.54. The normalized spacial score (nSPS) is 11.9. The van der Waals surface area contributed by atoms with E-state index in [1.165, 1.54) is 0 Å². The second kappa shape index (κ2) is 11.5. The highest BCUT2D eigenvalue weighted by atomic mass is 32.2. The molecule has 0 spiro atoms. The molecule has 0 saturated heterocycles. The molecule has 8 heteroatoms. The molecule has 1 atom stereocenters. The summed E-state index contributed by atoms with van der Waals surface area (Å²) in [4.78, 5) is 25.3. The van der Waals surface area contributed by atoms with Gasteiger partial charge in [0.15, 0.2) is 9.84 Å². The molecule has 0 aliphatic carbocycles. The maximum atomic E-state index is 13.3. The number of amides is 2. The van der Waals surface area contributed by atoms with E-state index in [0.717, 1.165) is 21.9 Å². The van der Waals surface area contributed by atoms with Crippen LogP contribution in [0.4, 0.5) is 0 Å². The number of rotatable bonds is 9. The van der Waals surface area contributed by atoms with Gasteiger partial charge in [-0.2, -0.15) is 5.26 Å². The Kier molecular flexibility index (Phi) is 7.96. The summed E-state index contributed by atoms with van der Waals surface area (Å²) in [6.07, 6.45) is 0. The molecule has 2 amide bonds. The highest BCUT2D eigenvalue weighted by Crippen LogP contribution is 2.28. The molecule has 4 aromatic carbocycles. The molecule has 0 aliphatic rings. The summed E-state index contributed by atoms with van der Waals surface area (Å²) >= 11 is 0. The number of hydrogen-bond donors (Lipinski definition) is 2. The van der Waals surface area contributed by atoms with Crippen LogP contribution >= 0.6 is 0 Å². The molecule has 0 fully saturated rings. The zero-order valence-corrected chi connectivity index (χ0v) is 20.7. The van der Waals surface area contributed by atoms with Gasteiger partial charge in [-0.05, 0) is 45.7 Å². The first-order valence-electron chi connectivity index (χ1n) is 11.6. The molecule has 4 rings (SSSR count). The Morgan fingerprint density at radius 1 is 0.838 bits per heavy atom. The molecule has 7 nitrogen and oxygen atoms in total. The number of nitriles is 1. The van der Waals surface area contributed by atoms with Gasteiger partial charge in [0.25, 0.3) is 5.91 Å². The van der Waals surface area contributed by atoms with Crippen molar-refractivity contribution < 1.29 is 18.0 Å². The number of nitrogens with zero attached hydrogens (tertiary/aromatic N) is 1.